The van der Waals surface area contributed by atoms with Crippen LogP contribution in [0.15, 0.2) is 24.3 Å². The lowest BCUT2D eigenvalue weighted by Gasteiger charge is -2.08. The van der Waals surface area contributed by atoms with Gasteiger partial charge in [0.25, 0.3) is 0 Å². The van der Waals surface area contributed by atoms with E-state index in [1.54, 1.807) is 17.8 Å². The van der Waals surface area contributed by atoms with Crippen molar-refractivity contribution in [2.24, 2.45) is 0 Å². The zero-order valence-corrected chi connectivity index (χ0v) is 8.35. The SMILES string of the molecule is CSCC(O)Cc1cccc(F)c1. The van der Waals surface area contributed by atoms with Crippen molar-refractivity contribution in [1.82, 2.24) is 0 Å². The topological polar surface area (TPSA) is 20.2 Å². The first-order valence-electron chi connectivity index (χ1n) is 4.14. The van der Waals surface area contributed by atoms with E-state index in [0.717, 1.165) is 5.56 Å². The van der Waals surface area contributed by atoms with Crippen LogP contribution >= 0.6 is 11.8 Å². The first-order chi connectivity index (χ1) is 6.22. The summed E-state index contributed by atoms with van der Waals surface area (Å²) in [6.45, 7) is 0. The Labute approximate surface area is 82.0 Å². The lowest BCUT2D eigenvalue weighted by Crippen LogP contribution is -2.13. The molecule has 1 nitrogen and oxygen atoms in total. The predicted octanol–water partition coefficient (Wildman–Crippen LogP) is 2.09. The van der Waals surface area contributed by atoms with Crippen LogP contribution in [0.5, 0.6) is 0 Å². The number of aliphatic hydroxyl groups excluding tert-OH is 1. The first-order valence-corrected chi connectivity index (χ1v) is 5.53. The Morgan fingerprint density at radius 1 is 1.54 bits per heavy atom. The molecule has 0 saturated heterocycles. The summed E-state index contributed by atoms with van der Waals surface area (Å²) in [7, 11) is 0. The third kappa shape index (κ3) is 3.79. The summed E-state index contributed by atoms with van der Waals surface area (Å²) >= 11 is 1.59. The van der Waals surface area contributed by atoms with E-state index in [-0.39, 0.29) is 11.9 Å². The smallest absolute Gasteiger partial charge is 0.123 e. The van der Waals surface area contributed by atoms with Gasteiger partial charge in [0.2, 0.25) is 0 Å². The summed E-state index contributed by atoms with van der Waals surface area (Å²) in [5, 5.41) is 9.45. The van der Waals surface area contributed by atoms with Gasteiger partial charge in [0.15, 0.2) is 0 Å². The summed E-state index contributed by atoms with van der Waals surface area (Å²) in [5.74, 6) is 0.449. The Balaban J connectivity index is 2.53. The Morgan fingerprint density at radius 3 is 2.92 bits per heavy atom. The van der Waals surface area contributed by atoms with Crippen LogP contribution in [0.2, 0.25) is 0 Å². The number of rotatable bonds is 4. The Bertz CT molecular complexity index is 265. The summed E-state index contributed by atoms with van der Waals surface area (Å²) in [6.07, 6.45) is 2.09. The van der Waals surface area contributed by atoms with E-state index >= 15 is 0 Å². The van der Waals surface area contributed by atoms with Crippen LogP contribution in [0.3, 0.4) is 0 Å². The Hall–Kier alpha value is -0.540. The zero-order chi connectivity index (χ0) is 9.68. The third-order valence-corrected chi connectivity index (χ3v) is 2.44. The van der Waals surface area contributed by atoms with Gasteiger partial charge in [-0.15, -0.1) is 0 Å². The molecule has 0 bridgehead atoms. The normalized spacial score (nSPS) is 12.8. The second-order valence-electron chi connectivity index (χ2n) is 2.94. The van der Waals surface area contributed by atoms with Gasteiger partial charge in [-0.3, -0.25) is 0 Å². The molecule has 1 aromatic carbocycles. The average molecular weight is 200 g/mol. The quantitative estimate of drug-likeness (QED) is 0.803. The summed E-state index contributed by atoms with van der Waals surface area (Å²) in [4.78, 5) is 0. The van der Waals surface area contributed by atoms with Crippen molar-refractivity contribution in [1.29, 1.82) is 0 Å². The number of benzene rings is 1. The van der Waals surface area contributed by atoms with Crippen molar-refractivity contribution in [2.75, 3.05) is 12.0 Å². The minimum atomic E-state index is -0.378. The standard InChI is InChI=1S/C10H13FOS/c1-13-7-10(12)6-8-3-2-4-9(11)5-8/h2-5,10,12H,6-7H2,1H3. The molecule has 1 unspecified atom stereocenters. The van der Waals surface area contributed by atoms with Crippen LogP contribution in [-0.2, 0) is 6.42 Å². The molecule has 1 atom stereocenters. The minimum absolute atomic E-state index is 0.242. The fourth-order valence-corrected chi connectivity index (χ4v) is 1.69. The fourth-order valence-electron chi connectivity index (χ4n) is 1.19. The lowest BCUT2D eigenvalue weighted by atomic mass is 10.1. The second kappa shape index (κ2) is 5.25. The molecule has 0 amide bonds. The monoisotopic (exact) mass is 200 g/mol. The lowest BCUT2D eigenvalue weighted by molar-refractivity contribution is 0.200. The van der Waals surface area contributed by atoms with E-state index in [2.05, 4.69) is 0 Å². The van der Waals surface area contributed by atoms with Gasteiger partial charge in [0.05, 0.1) is 6.10 Å². The number of halogens is 1. The molecule has 1 rings (SSSR count). The van der Waals surface area contributed by atoms with Gasteiger partial charge in [-0.1, -0.05) is 12.1 Å². The van der Waals surface area contributed by atoms with Crippen molar-refractivity contribution >= 4 is 11.8 Å². The molecule has 0 aliphatic rings. The molecule has 0 aromatic heterocycles. The van der Waals surface area contributed by atoms with Crippen LogP contribution in [0.1, 0.15) is 5.56 Å². The molecule has 0 spiro atoms. The van der Waals surface area contributed by atoms with Gasteiger partial charge in [-0.2, -0.15) is 11.8 Å². The van der Waals surface area contributed by atoms with Crippen LogP contribution in [0, 0.1) is 5.82 Å². The van der Waals surface area contributed by atoms with Gasteiger partial charge in [0, 0.05) is 5.75 Å². The summed E-state index contributed by atoms with van der Waals surface area (Å²) in [6, 6.07) is 6.36. The minimum Gasteiger partial charge on any atom is -0.392 e. The van der Waals surface area contributed by atoms with Crippen molar-refractivity contribution in [3.05, 3.63) is 35.6 Å². The number of aliphatic hydroxyl groups is 1. The number of hydrogen-bond donors (Lipinski definition) is 1. The molecule has 1 N–H and O–H groups in total. The van der Waals surface area contributed by atoms with Crippen LogP contribution in [-0.4, -0.2) is 23.2 Å². The van der Waals surface area contributed by atoms with Crippen LogP contribution in [0.4, 0.5) is 4.39 Å². The molecule has 13 heavy (non-hydrogen) atoms. The summed E-state index contributed by atoms with van der Waals surface area (Å²) < 4.78 is 12.7. The first kappa shape index (κ1) is 10.5. The van der Waals surface area contributed by atoms with E-state index < -0.39 is 0 Å². The molecule has 3 heteroatoms. The van der Waals surface area contributed by atoms with Gasteiger partial charge in [0.1, 0.15) is 5.82 Å². The van der Waals surface area contributed by atoms with Gasteiger partial charge in [-0.05, 0) is 30.4 Å². The zero-order valence-electron chi connectivity index (χ0n) is 7.53. The maximum atomic E-state index is 12.7. The maximum absolute atomic E-state index is 12.7. The highest BCUT2D eigenvalue weighted by molar-refractivity contribution is 7.98. The highest BCUT2D eigenvalue weighted by Gasteiger charge is 2.04. The molecule has 0 heterocycles. The molecular weight excluding hydrogens is 187 g/mol. The van der Waals surface area contributed by atoms with Crippen molar-refractivity contribution in [3.63, 3.8) is 0 Å². The van der Waals surface area contributed by atoms with E-state index in [1.807, 2.05) is 12.3 Å². The fraction of sp³-hybridized carbons (Fsp3) is 0.400. The Kier molecular flexibility index (Phi) is 4.25. The second-order valence-corrected chi connectivity index (χ2v) is 3.85. The molecule has 72 valence electrons. The Morgan fingerprint density at radius 2 is 2.31 bits per heavy atom. The van der Waals surface area contributed by atoms with Gasteiger partial charge >= 0.3 is 0 Å². The van der Waals surface area contributed by atoms with Crippen molar-refractivity contribution < 1.29 is 9.50 Å². The third-order valence-electron chi connectivity index (χ3n) is 1.72. The van der Waals surface area contributed by atoms with E-state index in [9.17, 15) is 9.50 Å². The molecule has 0 fully saturated rings. The highest BCUT2D eigenvalue weighted by atomic mass is 32.2. The molecule has 0 aliphatic heterocycles. The van der Waals surface area contributed by atoms with Crippen molar-refractivity contribution in [2.45, 2.75) is 12.5 Å². The molecular formula is C10H13FOS. The van der Waals surface area contributed by atoms with Crippen molar-refractivity contribution in [3.8, 4) is 0 Å². The molecule has 1 aromatic rings. The molecule has 0 radical (unpaired) electrons. The average Bonchev–Trinajstić information content (AvgIpc) is 2.04. The number of hydrogen-bond acceptors (Lipinski definition) is 2. The van der Waals surface area contributed by atoms with E-state index in [0.29, 0.717) is 12.2 Å². The van der Waals surface area contributed by atoms with Gasteiger partial charge < -0.3 is 5.11 Å². The molecule has 0 aliphatic carbocycles. The van der Waals surface area contributed by atoms with E-state index in [4.69, 9.17) is 0 Å². The molecule has 0 saturated carbocycles. The predicted molar refractivity (Wildman–Crippen MR) is 54.5 cm³/mol. The van der Waals surface area contributed by atoms with Gasteiger partial charge in [-0.25, -0.2) is 4.39 Å². The maximum Gasteiger partial charge on any atom is 0.123 e. The van der Waals surface area contributed by atoms with Crippen LogP contribution in [0.25, 0.3) is 0 Å². The van der Waals surface area contributed by atoms with Crippen LogP contribution < -0.4 is 0 Å². The highest BCUT2D eigenvalue weighted by Crippen LogP contribution is 2.08. The van der Waals surface area contributed by atoms with E-state index in [1.165, 1.54) is 12.1 Å². The number of thioether (sulfide) groups is 1. The summed E-state index contributed by atoms with van der Waals surface area (Å²) in [5.41, 5.74) is 0.849. The largest absolute Gasteiger partial charge is 0.392 e.